The molecule has 1 heterocycles. The van der Waals surface area contributed by atoms with Gasteiger partial charge in [0.2, 0.25) is 5.91 Å². The SMILES string of the molecule is Cc1cccc(NC(=O)CSc2nnc(CNC(=O)c3ccc(Cl)c(Cl)c3)n2C)c1C. The maximum atomic E-state index is 12.3. The van der Waals surface area contributed by atoms with Crippen molar-refractivity contribution in [1.82, 2.24) is 20.1 Å². The number of halogens is 2. The minimum atomic E-state index is -0.302. The monoisotopic (exact) mass is 477 g/mol. The van der Waals surface area contributed by atoms with Crippen LogP contribution < -0.4 is 10.6 Å². The molecule has 0 aliphatic heterocycles. The molecule has 0 bridgehead atoms. The number of thioether (sulfide) groups is 1. The van der Waals surface area contributed by atoms with E-state index >= 15 is 0 Å². The molecule has 0 spiro atoms. The highest BCUT2D eigenvalue weighted by molar-refractivity contribution is 7.99. The molecule has 2 N–H and O–H groups in total. The van der Waals surface area contributed by atoms with Crippen molar-refractivity contribution < 1.29 is 9.59 Å². The Balaban J connectivity index is 1.54. The lowest BCUT2D eigenvalue weighted by molar-refractivity contribution is -0.113. The summed E-state index contributed by atoms with van der Waals surface area (Å²) in [5.74, 6) is 0.320. The Morgan fingerprint density at radius 1 is 1.10 bits per heavy atom. The molecule has 3 rings (SSSR count). The zero-order chi connectivity index (χ0) is 22.5. The summed E-state index contributed by atoms with van der Waals surface area (Å²) < 4.78 is 1.74. The molecular weight excluding hydrogens is 457 g/mol. The topological polar surface area (TPSA) is 88.9 Å². The average Bonchev–Trinajstić information content (AvgIpc) is 3.09. The third-order valence-corrected chi connectivity index (χ3v) is 6.48. The van der Waals surface area contributed by atoms with Crippen molar-refractivity contribution >= 4 is 52.5 Å². The normalized spacial score (nSPS) is 10.7. The summed E-state index contributed by atoms with van der Waals surface area (Å²) in [4.78, 5) is 24.6. The predicted octanol–water partition coefficient (Wildman–Crippen LogP) is 4.40. The molecule has 0 saturated carbocycles. The number of carbonyl (C=O) groups excluding carboxylic acids is 2. The number of hydrogen-bond acceptors (Lipinski definition) is 5. The fraction of sp³-hybridized carbons (Fsp3) is 0.238. The molecule has 162 valence electrons. The van der Waals surface area contributed by atoms with Crippen molar-refractivity contribution in [3.05, 3.63) is 69.0 Å². The number of carbonyl (C=O) groups is 2. The van der Waals surface area contributed by atoms with Gasteiger partial charge in [-0.2, -0.15) is 0 Å². The van der Waals surface area contributed by atoms with Crippen molar-refractivity contribution in [2.45, 2.75) is 25.5 Å². The van der Waals surface area contributed by atoms with Gasteiger partial charge >= 0.3 is 0 Å². The van der Waals surface area contributed by atoms with Crippen LogP contribution in [-0.4, -0.2) is 32.3 Å². The molecule has 0 saturated heterocycles. The number of amides is 2. The van der Waals surface area contributed by atoms with E-state index in [1.54, 1.807) is 23.7 Å². The van der Waals surface area contributed by atoms with Crippen molar-refractivity contribution in [3.8, 4) is 0 Å². The van der Waals surface area contributed by atoms with Crippen LogP contribution in [0.3, 0.4) is 0 Å². The highest BCUT2D eigenvalue weighted by atomic mass is 35.5. The van der Waals surface area contributed by atoms with Crippen LogP contribution in [0.5, 0.6) is 0 Å². The smallest absolute Gasteiger partial charge is 0.251 e. The Hall–Kier alpha value is -2.55. The molecule has 0 aliphatic carbocycles. The van der Waals surface area contributed by atoms with Gasteiger partial charge in [0, 0.05) is 18.3 Å². The third-order valence-electron chi connectivity index (χ3n) is 4.73. The van der Waals surface area contributed by atoms with E-state index in [4.69, 9.17) is 23.2 Å². The molecule has 7 nitrogen and oxygen atoms in total. The Bertz CT molecular complexity index is 1130. The minimum Gasteiger partial charge on any atom is -0.345 e. The molecule has 2 amide bonds. The van der Waals surface area contributed by atoms with Crippen molar-refractivity contribution in [1.29, 1.82) is 0 Å². The molecule has 3 aromatic rings. The van der Waals surface area contributed by atoms with Gasteiger partial charge in [-0.1, -0.05) is 47.1 Å². The number of aromatic nitrogens is 3. The molecule has 2 aromatic carbocycles. The molecule has 31 heavy (non-hydrogen) atoms. The molecule has 0 aliphatic rings. The summed E-state index contributed by atoms with van der Waals surface area (Å²) >= 11 is 13.1. The van der Waals surface area contributed by atoms with E-state index in [1.165, 1.54) is 17.8 Å². The molecule has 10 heteroatoms. The zero-order valence-electron chi connectivity index (χ0n) is 17.2. The first kappa shape index (κ1) is 23.1. The van der Waals surface area contributed by atoms with Crippen LogP contribution >= 0.6 is 35.0 Å². The van der Waals surface area contributed by atoms with E-state index in [2.05, 4.69) is 20.8 Å². The van der Waals surface area contributed by atoms with Gasteiger partial charge in [-0.3, -0.25) is 9.59 Å². The Labute approximate surface area is 194 Å². The van der Waals surface area contributed by atoms with Gasteiger partial charge in [-0.05, 0) is 49.2 Å². The maximum absolute atomic E-state index is 12.3. The van der Waals surface area contributed by atoms with E-state index in [1.807, 2.05) is 32.0 Å². The standard InChI is InChI=1S/C21H21Cl2N5O2S/c1-12-5-4-6-17(13(12)2)25-19(29)11-31-21-27-26-18(28(21)3)10-24-20(30)14-7-8-15(22)16(23)9-14/h4-9H,10-11H2,1-3H3,(H,24,30)(H,25,29). The van der Waals surface area contributed by atoms with Crippen LogP contribution in [0.4, 0.5) is 5.69 Å². The van der Waals surface area contributed by atoms with Gasteiger partial charge in [0.15, 0.2) is 11.0 Å². The third kappa shape index (κ3) is 5.78. The molecular formula is C21H21Cl2N5O2S. The average molecular weight is 478 g/mol. The number of rotatable bonds is 7. The predicted molar refractivity (Wildman–Crippen MR) is 124 cm³/mol. The lowest BCUT2D eigenvalue weighted by Crippen LogP contribution is -2.24. The number of benzene rings is 2. The number of nitrogens with zero attached hydrogens (tertiary/aromatic N) is 3. The number of anilines is 1. The fourth-order valence-electron chi connectivity index (χ4n) is 2.73. The van der Waals surface area contributed by atoms with E-state index in [0.717, 1.165) is 16.8 Å². The van der Waals surface area contributed by atoms with Crippen molar-refractivity contribution in [3.63, 3.8) is 0 Å². The summed E-state index contributed by atoms with van der Waals surface area (Å²) in [6, 6.07) is 10.5. The molecule has 0 atom stereocenters. The van der Waals surface area contributed by atoms with Gasteiger partial charge in [0.1, 0.15) is 0 Å². The van der Waals surface area contributed by atoms with Gasteiger partial charge in [-0.25, -0.2) is 0 Å². The second kappa shape index (κ2) is 10.2. The minimum absolute atomic E-state index is 0.129. The van der Waals surface area contributed by atoms with Crippen molar-refractivity contribution in [2.75, 3.05) is 11.1 Å². The second-order valence-corrected chi connectivity index (χ2v) is 8.61. The van der Waals surface area contributed by atoms with Crippen molar-refractivity contribution in [2.24, 2.45) is 7.05 Å². The number of aryl methyl sites for hydroxylation is 1. The highest BCUT2D eigenvalue weighted by Crippen LogP contribution is 2.23. The molecule has 1 aromatic heterocycles. The largest absolute Gasteiger partial charge is 0.345 e. The van der Waals surface area contributed by atoms with Gasteiger partial charge < -0.3 is 15.2 Å². The molecule has 0 unspecified atom stereocenters. The Kier molecular flexibility index (Phi) is 7.59. The maximum Gasteiger partial charge on any atom is 0.251 e. The van der Waals surface area contributed by atoms with Gasteiger partial charge in [-0.15, -0.1) is 10.2 Å². The van der Waals surface area contributed by atoms with Crippen LogP contribution in [0.2, 0.25) is 10.0 Å². The lowest BCUT2D eigenvalue weighted by atomic mass is 10.1. The first-order valence-corrected chi connectivity index (χ1v) is 11.1. The Morgan fingerprint density at radius 2 is 1.87 bits per heavy atom. The van der Waals surface area contributed by atoms with Crippen LogP contribution in [0.25, 0.3) is 0 Å². The van der Waals surface area contributed by atoms with Crippen LogP contribution in [0.15, 0.2) is 41.6 Å². The van der Waals surface area contributed by atoms with E-state index in [9.17, 15) is 9.59 Å². The number of hydrogen-bond donors (Lipinski definition) is 2. The second-order valence-electron chi connectivity index (χ2n) is 6.85. The molecule has 0 fully saturated rings. The zero-order valence-corrected chi connectivity index (χ0v) is 19.5. The summed E-state index contributed by atoms with van der Waals surface area (Å²) in [7, 11) is 1.78. The van der Waals surface area contributed by atoms with Gasteiger partial charge in [0.05, 0.1) is 22.3 Å². The van der Waals surface area contributed by atoms with Crippen LogP contribution in [0.1, 0.15) is 27.3 Å². The van der Waals surface area contributed by atoms with Crippen LogP contribution in [-0.2, 0) is 18.4 Å². The van der Waals surface area contributed by atoms with E-state index in [-0.39, 0.29) is 24.1 Å². The molecule has 0 radical (unpaired) electrons. The summed E-state index contributed by atoms with van der Waals surface area (Å²) in [6.07, 6.45) is 0. The first-order chi connectivity index (χ1) is 14.8. The number of nitrogens with one attached hydrogen (secondary N) is 2. The first-order valence-electron chi connectivity index (χ1n) is 9.36. The quantitative estimate of drug-likeness (QED) is 0.492. The van der Waals surface area contributed by atoms with E-state index < -0.39 is 0 Å². The summed E-state index contributed by atoms with van der Waals surface area (Å²) in [5, 5.41) is 15.2. The Morgan fingerprint density at radius 3 is 2.61 bits per heavy atom. The van der Waals surface area contributed by atoms with Gasteiger partial charge in [0.25, 0.3) is 5.91 Å². The van der Waals surface area contributed by atoms with Crippen LogP contribution in [0, 0.1) is 13.8 Å². The van der Waals surface area contributed by atoms with E-state index in [0.29, 0.717) is 26.6 Å². The summed E-state index contributed by atoms with van der Waals surface area (Å²) in [5.41, 5.74) is 3.36. The summed E-state index contributed by atoms with van der Waals surface area (Å²) in [6.45, 7) is 4.15. The highest BCUT2D eigenvalue weighted by Gasteiger charge is 2.14. The lowest BCUT2D eigenvalue weighted by Gasteiger charge is -2.10. The fourth-order valence-corrected chi connectivity index (χ4v) is 3.75.